The lowest BCUT2D eigenvalue weighted by molar-refractivity contribution is -0.143. The summed E-state index contributed by atoms with van der Waals surface area (Å²) in [7, 11) is -2.29. The zero-order valence-electron chi connectivity index (χ0n) is 10.8. The monoisotopic (exact) mass is 305 g/mol. The Hall–Kier alpha value is -1.11. The van der Waals surface area contributed by atoms with E-state index < -0.39 is 16.0 Å². The second-order valence-corrected chi connectivity index (χ2v) is 6.23. The minimum Gasteiger partial charge on any atom is -0.466 e. The van der Waals surface area contributed by atoms with Crippen molar-refractivity contribution < 1.29 is 17.9 Å². The van der Waals surface area contributed by atoms with Gasteiger partial charge in [-0.05, 0) is 19.1 Å². The highest BCUT2D eigenvalue weighted by molar-refractivity contribution is 7.89. The Labute approximate surface area is 118 Å². The number of carbonyl (C=O) groups excluding carboxylic acids is 1. The summed E-state index contributed by atoms with van der Waals surface area (Å²) >= 11 is 5.87. The summed E-state index contributed by atoms with van der Waals surface area (Å²) in [6.45, 7) is 2.02. The van der Waals surface area contributed by atoms with Crippen molar-refractivity contribution in [2.45, 2.75) is 18.2 Å². The van der Waals surface area contributed by atoms with Crippen LogP contribution in [0.15, 0.2) is 29.2 Å². The Morgan fingerprint density at radius 3 is 2.58 bits per heavy atom. The fraction of sp³-hybridized carbons (Fsp3) is 0.417. The number of esters is 1. The number of hydrogen-bond donors (Lipinski definition) is 0. The van der Waals surface area contributed by atoms with Gasteiger partial charge in [0.05, 0.1) is 18.1 Å². The van der Waals surface area contributed by atoms with E-state index in [9.17, 15) is 13.2 Å². The van der Waals surface area contributed by atoms with Gasteiger partial charge in [-0.15, -0.1) is 0 Å². The van der Waals surface area contributed by atoms with Gasteiger partial charge in [-0.25, -0.2) is 12.7 Å². The first-order chi connectivity index (χ1) is 8.89. The van der Waals surface area contributed by atoms with Gasteiger partial charge in [0.2, 0.25) is 10.0 Å². The SMILES string of the molecule is CCOC(=O)CCN(C)S(=O)(=O)c1ccccc1Cl. The lowest BCUT2D eigenvalue weighted by atomic mass is 10.4. The summed E-state index contributed by atoms with van der Waals surface area (Å²) in [5.74, 6) is -0.427. The summed E-state index contributed by atoms with van der Waals surface area (Å²) < 4.78 is 30.3. The van der Waals surface area contributed by atoms with Crippen LogP contribution in [0.4, 0.5) is 0 Å². The van der Waals surface area contributed by atoms with E-state index in [4.69, 9.17) is 16.3 Å². The highest BCUT2D eigenvalue weighted by Crippen LogP contribution is 2.23. The lowest BCUT2D eigenvalue weighted by Crippen LogP contribution is -2.29. The highest BCUT2D eigenvalue weighted by atomic mass is 35.5. The zero-order valence-corrected chi connectivity index (χ0v) is 12.4. The first kappa shape index (κ1) is 15.9. The van der Waals surface area contributed by atoms with E-state index in [1.54, 1.807) is 19.1 Å². The van der Waals surface area contributed by atoms with Crippen molar-refractivity contribution in [1.82, 2.24) is 4.31 Å². The van der Waals surface area contributed by atoms with Crippen molar-refractivity contribution in [2.24, 2.45) is 0 Å². The van der Waals surface area contributed by atoms with Crippen molar-refractivity contribution in [3.8, 4) is 0 Å². The van der Waals surface area contributed by atoms with Crippen LogP contribution in [0.2, 0.25) is 5.02 Å². The molecule has 0 saturated heterocycles. The summed E-state index contributed by atoms with van der Waals surface area (Å²) in [6, 6.07) is 6.18. The number of nitrogens with zero attached hydrogens (tertiary/aromatic N) is 1. The topological polar surface area (TPSA) is 63.7 Å². The van der Waals surface area contributed by atoms with Gasteiger partial charge in [0.25, 0.3) is 0 Å². The summed E-state index contributed by atoms with van der Waals surface area (Å²) in [5, 5.41) is 0.158. The summed E-state index contributed by atoms with van der Waals surface area (Å²) in [6.07, 6.45) is 0.00796. The van der Waals surface area contributed by atoms with Gasteiger partial charge in [0.15, 0.2) is 0 Å². The average Bonchev–Trinajstić information content (AvgIpc) is 2.36. The summed E-state index contributed by atoms with van der Waals surface area (Å²) in [4.78, 5) is 11.2. The minimum atomic E-state index is -3.69. The normalized spacial score (nSPS) is 11.6. The zero-order chi connectivity index (χ0) is 14.5. The number of carbonyl (C=O) groups is 1. The number of benzene rings is 1. The first-order valence-corrected chi connectivity index (χ1v) is 7.58. The van der Waals surface area contributed by atoms with E-state index in [1.165, 1.54) is 19.2 Å². The van der Waals surface area contributed by atoms with Gasteiger partial charge in [-0.1, -0.05) is 23.7 Å². The molecule has 0 aliphatic rings. The van der Waals surface area contributed by atoms with Crippen LogP contribution in [-0.2, 0) is 19.6 Å². The number of halogens is 1. The molecule has 0 aliphatic carbocycles. The molecular formula is C12H16ClNO4S. The Balaban J connectivity index is 2.78. The second-order valence-electron chi connectivity index (χ2n) is 3.81. The molecule has 0 aliphatic heterocycles. The van der Waals surface area contributed by atoms with Gasteiger partial charge in [0.1, 0.15) is 4.90 Å². The third kappa shape index (κ3) is 4.19. The quantitative estimate of drug-likeness (QED) is 0.753. The molecule has 0 bridgehead atoms. The van der Waals surface area contributed by atoms with Crippen molar-refractivity contribution in [2.75, 3.05) is 20.2 Å². The molecule has 0 radical (unpaired) electrons. The van der Waals surface area contributed by atoms with Crippen LogP contribution in [0.1, 0.15) is 13.3 Å². The molecule has 0 amide bonds. The molecule has 106 valence electrons. The highest BCUT2D eigenvalue weighted by Gasteiger charge is 2.23. The lowest BCUT2D eigenvalue weighted by Gasteiger charge is -2.17. The summed E-state index contributed by atoms with van der Waals surface area (Å²) in [5.41, 5.74) is 0. The van der Waals surface area contributed by atoms with Gasteiger partial charge < -0.3 is 4.74 Å². The van der Waals surface area contributed by atoms with Crippen LogP contribution in [0, 0.1) is 0 Å². The van der Waals surface area contributed by atoms with E-state index in [1.807, 2.05) is 0 Å². The molecule has 0 spiro atoms. The van der Waals surface area contributed by atoms with Gasteiger partial charge in [0, 0.05) is 13.6 Å². The van der Waals surface area contributed by atoms with Gasteiger partial charge in [-0.3, -0.25) is 4.79 Å². The Bertz CT molecular complexity index is 544. The van der Waals surface area contributed by atoms with Crippen molar-refractivity contribution in [1.29, 1.82) is 0 Å². The number of hydrogen-bond acceptors (Lipinski definition) is 4. The predicted octanol–water partition coefficient (Wildman–Crippen LogP) is 1.91. The second kappa shape index (κ2) is 6.88. The average molecular weight is 306 g/mol. The van der Waals surface area contributed by atoms with E-state index >= 15 is 0 Å². The molecule has 0 aromatic heterocycles. The third-order valence-electron chi connectivity index (χ3n) is 2.46. The molecule has 19 heavy (non-hydrogen) atoms. The molecule has 0 unspecified atom stereocenters. The van der Waals surface area contributed by atoms with Crippen LogP contribution in [0.5, 0.6) is 0 Å². The molecule has 0 heterocycles. The number of sulfonamides is 1. The van der Waals surface area contributed by atoms with Gasteiger partial charge >= 0.3 is 5.97 Å². The first-order valence-electron chi connectivity index (χ1n) is 5.76. The fourth-order valence-electron chi connectivity index (χ4n) is 1.42. The maximum Gasteiger partial charge on any atom is 0.307 e. The van der Waals surface area contributed by atoms with Crippen LogP contribution < -0.4 is 0 Å². The van der Waals surface area contributed by atoms with E-state index in [0.29, 0.717) is 0 Å². The maximum absolute atomic E-state index is 12.2. The van der Waals surface area contributed by atoms with Crippen LogP contribution in [0.3, 0.4) is 0 Å². The smallest absolute Gasteiger partial charge is 0.307 e. The Morgan fingerprint density at radius 2 is 2.00 bits per heavy atom. The van der Waals surface area contributed by atoms with Crippen LogP contribution in [0.25, 0.3) is 0 Å². The molecule has 0 N–H and O–H groups in total. The molecule has 0 saturated carbocycles. The number of ether oxygens (including phenoxy) is 1. The minimum absolute atomic E-state index is 0.00796. The molecule has 0 atom stereocenters. The molecule has 1 aromatic rings. The van der Waals surface area contributed by atoms with Crippen molar-refractivity contribution in [3.63, 3.8) is 0 Å². The van der Waals surface area contributed by atoms with Crippen LogP contribution in [-0.4, -0.2) is 38.9 Å². The van der Waals surface area contributed by atoms with E-state index in [0.717, 1.165) is 4.31 Å². The van der Waals surface area contributed by atoms with Crippen LogP contribution >= 0.6 is 11.6 Å². The van der Waals surface area contributed by atoms with Gasteiger partial charge in [-0.2, -0.15) is 0 Å². The van der Waals surface area contributed by atoms with E-state index in [-0.39, 0.29) is 29.5 Å². The largest absolute Gasteiger partial charge is 0.466 e. The molecule has 1 aromatic carbocycles. The molecule has 7 heteroatoms. The molecule has 5 nitrogen and oxygen atoms in total. The predicted molar refractivity (Wildman–Crippen MR) is 72.5 cm³/mol. The maximum atomic E-state index is 12.2. The Morgan fingerprint density at radius 1 is 1.37 bits per heavy atom. The van der Waals surface area contributed by atoms with Crippen molar-refractivity contribution >= 4 is 27.6 Å². The fourth-order valence-corrected chi connectivity index (χ4v) is 3.08. The van der Waals surface area contributed by atoms with Crippen molar-refractivity contribution in [3.05, 3.63) is 29.3 Å². The Kier molecular flexibility index (Phi) is 5.78. The standard InChI is InChI=1S/C12H16ClNO4S/c1-3-18-12(15)8-9-14(2)19(16,17)11-7-5-4-6-10(11)13/h4-7H,3,8-9H2,1-2H3. The number of rotatable bonds is 6. The van der Waals surface area contributed by atoms with E-state index in [2.05, 4.69) is 0 Å². The third-order valence-corrected chi connectivity index (χ3v) is 4.82. The molecule has 0 fully saturated rings. The molecule has 1 rings (SSSR count). The molecular weight excluding hydrogens is 290 g/mol.